The van der Waals surface area contributed by atoms with Crippen LogP contribution in [0.2, 0.25) is 0 Å². The summed E-state index contributed by atoms with van der Waals surface area (Å²) in [5.41, 5.74) is 10.7. The number of unbranched alkanes of at least 4 members (excludes halogenated alkanes) is 9. The molecule has 0 saturated heterocycles. The Hall–Kier alpha value is -1.43. The second-order valence-corrected chi connectivity index (χ2v) is 9.04. The predicted octanol–water partition coefficient (Wildman–Crippen LogP) is 5.12. The summed E-state index contributed by atoms with van der Waals surface area (Å²) in [6.45, 7) is 4.57. The smallest absolute Gasteiger partial charge is 0.243 e. The largest absolute Gasteiger partial charge is 0.370 e. The van der Waals surface area contributed by atoms with Gasteiger partial charge in [0, 0.05) is 12.8 Å². The molecule has 6 nitrogen and oxygen atoms in total. The van der Waals surface area contributed by atoms with Crippen molar-refractivity contribution in [2.75, 3.05) is 0 Å². The lowest BCUT2D eigenvalue weighted by Gasteiger charge is -2.16. The number of hydrogen-bond donors (Lipinski definition) is 3. The average Bonchev–Trinajstić information content (AvgIpc) is 2.74. The van der Waals surface area contributed by atoms with Gasteiger partial charge in [0.15, 0.2) is 0 Å². The Morgan fingerprint density at radius 2 is 1.16 bits per heavy atom. The van der Waals surface area contributed by atoms with E-state index in [-0.39, 0.29) is 18.7 Å². The average molecular weight is 440 g/mol. The van der Waals surface area contributed by atoms with E-state index in [2.05, 4.69) is 19.2 Å². The standard InChI is InChI=1S/C25H49N3O3/c1-3-5-15-21(16-6-4-2)17-13-11-9-7-8-10-12-14-18-24(30)28-25(31)22(26)19-20-23(27)29/h21-22H,3-20,26H2,1-2H3,(H2,27,29)(H,28,30,31)/t22-/m0/s1. The molecule has 0 saturated carbocycles. The molecule has 31 heavy (non-hydrogen) atoms. The summed E-state index contributed by atoms with van der Waals surface area (Å²) in [6, 6.07) is -0.870. The van der Waals surface area contributed by atoms with Crippen LogP contribution in [0.5, 0.6) is 0 Å². The van der Waals surface area contributed by atoms with Crippen LogP contribution in [0.1, 0.15) is 129 Å². The Balaban J connectivity index is 3.62. The minimum atomic E-state index is -0.870. The van der Waals surface area contributed by atoms with Crippen molar-refractivity contribution >= 4 is 17.7 Å². The van der Waals surface area contributed by atoms with E-state index in [0.29, 0.717) is 6.42 Å². The van der Waals surface area contributed by atoms with Crippen molar-refractivity contribution in [3.8, 4) is 0 Å². The molecule has 0 bridgehead atoms. The molecule has 0 aromatic heterocycles. The number of carbonyl (C=O) groups is 3. The van der Waals surface area contributed by atoms with Crippen LogP contribution in [-0.4, -0.2) is 23.8 Å². The molecule has 0 rings (SSSR count). The lowest BCUT2D eigenvalue weighted by molar-refractivity contribution is -0.131. The van der Waals surface area contributed by atoms with E-state index < -0.39 is 17.9 Å². The van der Waals surface area contributed by atoms with Crippen LogP contribution in [0.25, 0.3) is 0 Å². The molecule has 5 N–H and O–H groups in total. The van der Waals surface area contributed by atoms with Crippen molar-refractivity contribution in [2.45, 2.75) is 135 Å². The molecule has 0 aromatic rings. The van der Waals surface area contributed by atoms with Crippen molar-refractivity contribution in [1.29, 1.82) is 0 Å². The number of primary amides is 1. The number of nitrogens with two attached hydrogens (primary N) is 2. The lowest BCUT2D eigenvalue weighted by Crippen LogP contribution is -2.43. The minimum absolute atomic E-state index is 0.0427. The number of nitrogens with one attached hydrogen (secondary N) is 1. The van der Waals surface area contributed by atoms with Gasteiger partial charge in [0.25, 0.3) is 0 Å². The minimum Gasteiger partial charge on any atom is -0.370 e. The van der Waals surface area contributed by atoms with Gasteiger partial charge in [-0.15, -0.1) is 0 Å². The van der Waals surface area contributed by atoms with E-state index in [1.54, 1.807) is 0 Å². The summed E-state index contributed by atoms with van der Waals surface area (Å²) in [7, 11) is 0. The normalized spacial score (nSPS) is 12.1. The lowest BCUT2D eigenvalue weighted by atomic mass is 9.90. The van der Waals surface area contributed by atoms with E-state index in [9.17, 15) is 14.4 Å². The third-order valence-electron chi connectivity index (χ3n) is 6.00. The van der Waals surface area contributed by atoms with Crippen molar-refractivity contribution in [3.05, 3.63) is 0 Å². The van der Waals surface area contributed by atoms with Crippen molar-refractivity contribution in [1.82, 2.24) is 5.32 Å². The van der Waals surface area contributed by atoms with E-state index in [4.69, 9.17) is 11.5 Å². The predicted molar refractivity (Wildman–Crippen MR) is 128 cm³/mol. The molecule has 0 aliphatic heterocycles. The highest BCUT2D eigenvalue weighted by molar-refractivity contribution is 5.97. The van der Waals surface area contributed by atoms with Crippen LogP contribution in [0.15, 0.2) is 0 Å². The monoisotopic (exact) mass is 439 g/mol. The van der Waals surface area contributed by atoms with Crippen molar-refractivity contribution in [3.63, 3.8) is 0 Å². The fraction of sp³-hybridized carbons (Fsp3) is 0.880. The fourth-order valence-corrected chi connectivity index (χ4v) is 3.92. The summed E-state index contributed by atoms with van der Waals surface area (Å²) in [5.74, 6) is -0.383. The Morgan fingerprint density at radius 3 is 1.68 bits per heavy atom. The molecule has 6 heteroatoms. The second kappa shape index (κ2) is 20.5. The molecule has 3 amide bonds. The zero-order valence-electron chi connectivity index (χ0n) is 20.3. The van der Waals surface area contributed by atoms with Gasteiger partial charge in [-0.25, -0.2) is 0 Å². The summed E-state index contributed by atoms with van der Waals surface area (Å²) in [6.07, 6.45) is 19.6. The van der Waals surface area contributed by atoms with Crippen LogP contribution < -0.4 is 16.8 Å². The molecule has 0 radical (unpaired) electrons. The molecule has 0 unspecified atom stereocenters. The first kappa shape index (κ1) is 29.6. The van der Waals surface area contributed by atoms with Gasteiger partial charge in [0.05, 0.1) is 6.04 Å². The Kier molecular flexibility index (Phi) is 19.5. The van der Waals surface area contributed by atoms with Gasteiger partial charge < -0.3 is 11.5 Å². The third kappa shape index (κ3) is 19.0. The summed E-state index contributed by atoms with van der Waals surface area (Å²) < 4.78 is 0. The van der Waals surface area contributed by atoms with Crippen LogP contribution >= 0.6 is 0 Å². The summed E-state index contributed by atoms with van der Waals surface area (Å²) in [4.78, 5) is 34.3. The molecule has 182 valence electrons. The molecule has 0 aromatic carbocycles. The number of imide groups is 1. The number of hydrogen-bond acceptors (Lipinski definition) is 4. The first-order chi connectivity index (χ1) is 14.9. The first-order valence-corrected chi connectivity index (χ1v) is 12.8. The maximum Gasteiger partial charge on any atom is 0.243 e. The van der Waals surface area contributed by atoms with E-state index in [1.807, 2.05) is 0 Å². The SMILES string of the molecule is CCCCC(CCCC)CCCCCCCCCCC(=O)NC(=O)[C@@H](N)CCC(N)=O. The molecule has 0 heterocycles. The molecule has 0 fully saturated rings. The maximum atomic E-state index is 11.8. The van der Waals surface area contributed by atoms with Crippen LogP contribution in [0, 0.1) is 5.92 Å². The van der Waals surface area contributed by atoms with Crippen LogP contribution in [-0.2, 0) is 14.4 Å². The van der Waals surface area contributed by atoms with E-state index >= 15 is 0 Å². The van der Waals surface area contributed by atoms with Crippen molar-refractivity contribution < 1.29 is 14.4 Å². The highest BCUT2D eigenvalue weighted by atomic mass is 16.2. The maximum absolute atomic E-state index is 11.8. The quantitative estimate of drug-likeness (QED) is 0.215. The van der Waals surface area contributed by atoms with Crippen molar-refractivity contribution in [2.24, 2.45) is 17.4 Å². The number of carbonyl (C=O) groups excluding carboxylic acids is 3. The summed E-state index contributed by atoms with van der Waals surface area (Å²) >= 11 is 0. The topological polar surface area (TPSA) is 115 Å². The highest BCUT2D eigenvalue weighted by Gasteiger charge is 2.16. The summed E-state index contributed by atoms with van der Waals surface area (Å²) in [5, 5.41) is 2.31. The van der Waals surface area contributed by atoms with E-state index in [1.165, 1.54) is 77.0 Å². The fourth-order valence-electron chi connectivity index (χ4n) is 3.92. The molecule has 0 aliphatic carbocycles. The zero-order valence-corrected chi connectivity index (χ0v) is 20.3. The highest BCUT2D eigenvalue weighted by Crippen LogP contribution is 2.23. The number of rotatable bonds is 21. The molecule has 1 atom stereocenters. The van der Waals surface area contributed by atoms with Gasteiger partial charge in [-0.2, -0.15) is 0 Å². The Bertz CT molecular complexity index is 475. The molecule has 0 aliphatic rings. The van der Waals surface area contributed by atoms with Crippen LogP contribution in [0.3, 0.4) is 0 Å². The van der Waals surface area contributed by atoms with Gasteiger partial charge >= 0.3 is 0 Å². The first-order valence-electron chi connectivity index (χ1n) is 12.8. The third-order valence-corrected chi connectivity index (χ3v) is 6.00. The number of amides is 3. The molecular weight excluding hydrogens is 390 g/mol. The molecule has 0 spiro atoms. The van der Waals surface area contributed by atoms with Gasteiger partial charge in [-0.05, 0) is 18.8 Å². The zero-order chi connectivity index (χ0) is 23.3. The Labute approximate surface area is 190 Å². The van der Waals surface area contributed by atoms with Gasteiger partial charge in [-0.3, -0.25) is 19.7 Å². The van der Waals surface area contributed by atoms with Gasteiger partial charge in [0.2, 0.25) is 17.7 Å². The second-order valence-electron chi connectivity index (χ2n) is 9.04. The van der Waals surface area contributed by atoms with Gasteiger partial charge in [-0.1, -0.05) is 104 Å². The van der Waals surface area contributed by atoms with E-state index in [0.717, 1.165) is 25.2 Å². The Morgan fingerprint density at radius 1 is 0.677 bits per heavy atom. The van der Waals surface area contributed by atoms with Crippen LogP contribution in [0.4, 0.5) is 0 Å². The van der Waals surface area contributed by atoms with Gasteiger partial charge in [0.1, 0.15) is 0 Å². The molecular formula is C25H49N3O3.